The number of fused-ring (bicyclic) bond motifs is 1. The minimum atomic E-state index is -0.106. The van der Waals surface area contributed by atoms with Crippen LogP contribution in [0, 0.1) is 27.7 Å². The number of nitrogens with zero attached hydrogens (tertiary/aromatic N) is 1. The summed E-state index contributed by atoms with van der Waals surface area (Å²) in [5.41, 5.74) is 7.63. The van der Waals surface area contributed by atoms with E-state index in [4.69, 9.17) is 4.98 Å². The average molecular weight is 387 g/mol. The summed E-state index contributed by atoms with van der Waals surface area (Å²) in [5.74, 6) is -0.106. The Balaban J connectivity index is 1.85. The second-order valence-electron chi connectivity index (χ2n) is 7.28. The van der Waals surface area contributed by atoms with Crippen LogP contribution < -0.4 is 5.32 Å². The molecule has 1 N–H and O–H groups in total. The smallest absolute Gasteiger partial charge is 0.256 e. The number of nitrogens with one attached hydrogen (secondary N) is 1. The molecule has 0 spiro atoms. The molecule has 2 aromatic carbocycles. The molecule has 0 unspecified atom stereocenters. The average Bonchev–Trinajstić information content (AvgIpc) is 3.18. The maximum Gasteiger partial charge on any atom is 0.256 e. The standard InChI is InChI=1S/C24H22N2OS/c1-14-7-8-20-18(12-14)19(13-21(25-20)22-6-5-9-28-22)24(27)26-23-16(3)10-15(2)11-17(23)4/h5-13H,1-4H3,(H,26,27). The summed E-state index contributed by atoms with van der Waals surface area (Å²) in [6.45, 7) is 8.16. The molecule has 0 atom stereocenters. The Labute approximate surface area is 169 Å². The quantitative estimate of drug-likeness (QED) is 0.440. The van der Waals surface area contributed by atoms with Crippen molar-refractivity contribution in [1.29, 1.82) is 0 Å². The lowest BCUT2D eigenvalue weighted by molar-refractivity contribution is 0.102. The van der Waals surface area contributed by atoms with Gasteiger partial charge >= 0.3 is 0 Å². The summed E-state index contributed by atoms with van der Waals surface area (Å²) in [4.78, 5) is 19.2. The SMILES string of the molecule is Cc1cc(C)c(NC(=O)c2cc(-c3cccs3)nc3ccc(C)cc23)c(C)c1. The first-order chi connectivity index (χ1) is 13.4. The second-order valence-corrected chi connectivity index (χ2v) is 8.23. The maximum absolute atomic E-state index is 13.3. The molecule has 0 radical (unpaired) electrons. The monoisotopic (exact) mass is 386 g/mol. The lowest BCUT2D eigenvalue weighted by Gasteiger charge is -2.15. The normalized spacial score (nSPS) is 11.0. The maximum atomic E-state index is 13.3. The molecule has 2 aromatic heterocycles. The van der Waals surface area contributed by atoms with Crippen LogP contribution in [-0.4, -0.2) is 10.9 Å². The van der Waals surface area contributed by atoms with Gasteiger partial charge in [0.2, 0.25) is 0 Å². The van der Waals surface area contributed by atoms with Gasteiger partial charge in [-0.2, -0.15) is 0 Å². The number of thiophene rings is 1. The van der Waals surface area contributed by atoms with Crippen LogP contribution in [0.25, 0.3) is 21.5 Å². The van der Waals surface area contributed by atoms with Crippen molar-refractivity contribution in [2.75, 3.05) is 5.32 Å². The molecule has 4 rings (SSSR count). The summed E-state index contributed by atoms with van der Waals surface area (Å²) in [6.07, 6.45) is 0. The zero-order valence-corrected chi connectivity index (χ0v) is 17.3. The van der Waals surface area contributed by atoms with Crippen molar-refractivity contribution in [1.82, 2.24) is 4.98 Å². The third kappa shape index (κ3) is 3.43. The Bertz CT molecular complexity index is 1170. The summed E-state index contributed by atoms with van der Waals surface area (Å²) >= 11 is 1.62. The number of aryl methyl sites for hydroxylation is 4. The van der Waals surface area contributed by atoms with Crippen LogP contribution >= 0.6 is 11.3 Å². The summed E-state index contributed by atoms with van der Waals surface area (Å²) in [7, 11) is 0. The van der Waals surface area contributed by atoms with Crippen molar-refractivity contribution in [3.05, 3.63) is 81.7 Å². The number of rotatable bonds is 3. The minimum Gasteiger partial charge on any atom is -0.321 e. The van der Waals surface area contributed by atoms with Crippen molar-refractivity contribution < 1.29 is 4.79 Å². The number of anilines is 1. The van der Waals surface area contributed by atoms with E-state index in [0.717, 1.165) is 43.9 Å². The molecule has 0 saturated heterocycles. The fraction of sp³-hybridized carbons (Fsp3) is 0.167. The summed E-state index contributed by atoms with van der Waals surface area (Å²) < 4.78 is 0. The lowest BCUT2D eigenvalue weighted by Crippen LogP contribution is -2.15. The highest BCUT2D eigenvalue weighted by molar-refractivity contribution is 7.13. The molecule has 0 bridgehead atoms. The van der Waals surface area contributed by atoms with E-state index in [1.807, 2.05) is 62.5 Å². The molecule has 4 heteroatoms. The zero-order valence-electron chi connectivity index (χ0n) is 16.5. The molecule has 0 saturated carbocycles. The highest BCUT2D eigenvalue weighted by atomic mass is 32.1. The molecule has 28 heavy (non-hydrogen) atoms. The predicted molar refractivity (Wildman–Crippen MR) is 118 cm³/mol. The lowest BCUT2D eigenvalue weighted by atomic mass is 10.0. The van der Waals surface area contributed by atoms with Gasteiger partial charge in [-0.3, -0.25) is 4.79 Å². The van der Waals surface area contributed by atoms with Crippen LogP contribution in [0.15, 0.2) is 53.9 Å². The molecule has 0 fully saturated rings. The molecule has 1 amide bonds. The largest absolute Gasteiger partial charge is 0.321 e. The van der Waals surface area contributed by atoms with Gasteiger partial charge in [0.1, 0.15) is 0 Å². The first kappa shape index (κ1) is 18.4. The van der Waals surface area contributed by atoms with E-state index in [9.17, 15) is 4.79 Å². The van der Waals surface area contributed by atoms with E-state index in [-0.39, 0.29) is 5.91 Å². The molecule has 3 nitrogen and oxygen atoms in total. The predicted octanol–water partition coefficient (Wildman–Crippen LogP) is 6.45. The van der Waals surface area contributed by atoms with Gasteiger partial charge in [-0.1, -0.05) is 35.4 Å². The molecule has 0 aliphatic rings. The summed E-state index contributed by atoms with van der Waals surface area (Å²) in [5, 5.41) is 6.04. The van der Waals surface area contributed by atoms with Crippen LogP contribution in [0.4, 0.5) is 5.69 Å². The van der Waals surface area contributed by atoms with Crippen molar-refractivity contribution in [3.8, 4) is 10.6 Å². The van der Waals surface area contributed by atoms with E-state index in [1.54, 1.807) is 11.3 Å². The van der Waals surface area contributed by atoms with E-state index in [2.05, 4.69) is 24.4 Å². The van der Waals surface area contributed by atoms with E-state index in [0.29, 0.717) is 5.56 Å². The van der Waals surface area contributed by atoms with Crippen LogP contribution in [0.1, 0.15) is 32.6 Å². The van der Waals surface area contributed by atoms with Gasteiger partial charge < -0.3 is 5.32 Å². The number of hydrogen-bond donors (Lipinski definition) is 1. The molecule has 0 aliphatic heterocycles. The van der Waals surface area contributed by atoms with Crippen LogP contribution in [0.5, 0.6) is 0 Å². The zero-order chi connectivity index (χ0) is 19.8. The van der Waals surface area contributed by atoms with Gasteiger partial charge in [-0.05, 0) is 68.5 Å². The fourth-order valence-corrected chi connectivity index (χ4v) is 4.32. The van der Waals surface area contributed by atoms with Gasteiger partial charge in [-0.15, -0.1) is 11.3 Å². The number of pyridine rings is 1. The van der Waals surface area contributed by atoms with Crippen LogP contribution in [-0.2, 0) is 0 Å². The number of carbonyl (C=O) groups excluding carboxylic acids is 1. The molecule has 0 aliphatic carbocycles. The van der Waals surface area contributed by atoms with Gasteiger partial charge in [0.25, 0.3) is 5.91 Å². The minimum absolute atomic E-state index is 0.106. The third-order valence-electron chi connectivity index (χ3n) is 4.90. The van der Waals surface area contributed by atoms with Crippen LogP contribution in [0.3, 0.4) is 0 Å². The first-order valence-electron chi connectivity index (χ1n) is 9.27. The number of aromatic nitrogens is 1. The van der Waals surface area contributed by atoms with Crippen molar-refractivity contribution in [2.45, 2.75) is 27.7 Å². The van der Waals surface area contributed by atoms with Gasteiger partial charge in [0.15, 0.2) is 0 Å². The highest BCUT2D eigenvalue weighted by Gasteiger charge is 2.16. The van der Waals surface area contributed by atoms with E-state index >= 15 is 0 Å². The Kier molecular flexibility index (Phi) is 4.73. The Hall–Kier alpha value is -2.98. The van der Waals surface area contributed by atoms with Crippen molar-refractivity contribution in [3.63, 3.8) is 0 Å². The van der Waals surface area contributed by atoms with Gasteiger partial charge in [0, 0.05) is 11.1 Å². The topological polar surface area (TPSA) is 42.0 Å². The Morgan fingerprint density at radius 1 is 0.929 bits per heavy atom. The molecule has 2 heterocycles. The van der Waals surface area contributed by atoms with Crippen molar-refractivity contribution in [2.24, 2.45) is 0 Å². The summed E-state index contributed by atoms with van der Waals surface area (Å²) in [6, 6.07) is 16.2. The molecule has 4 aromatic rings. The fourth-order valence-electron chi connectivity index (χ4n) is 3.64. The van der Waals surface area contributed by atoms with Crippen molar-refractivity contribution >= 4 is 33.8 Å². The Morgan fingerprint density at radius 3 is 2.36 bits per heavy atom. The number of benzene rings is 2. The molecule has 140 valence electrons. The van der Waals surface area contributed by atoms with E-state index in [1.165, 1.54) is 5.56 Å². The van der Waals surface area contributed by atoms with Gasteiger partial charge in [-0.25, -0.2) is 4.98 Å². The highest BCUT2D eigenvalue weighted by Crippen LogP contribution is 2.30. The van der Waals surface area contributed by atoms with Crippen LogP contribution in [0.2, 0.25) is 0 Å². The second kappa shape index (κ2) is 7.21. The number of amides is 1. The molecular weight excluding hydrogens is 364 g/mol. The Morgan fingerprint density at radius 2 is 1.68 bits per heavy atom. The molecular formula is C24H22N2OS. The number of carbonyl (C=O) groups is 1. The van der Waals surface area contributed by atoms with Gasteiger partial charge in [0.05, 0.1) is 21.7 Å². The third-order valence-corrected chi connectivity index (χ3v) is 5.79. The van der Waals surface area contributed by atoms with E-state index < -0.39 is 0 Å². The number of hydrogen-bond acceptors (Lipinski definition) is 3. The first-order valence-corrected chi connectivity index (χ1v) is 10.1.